The van der Waals surface area contributed by atoms with Crippen LogP contribution in [0.3, 0.4) is 0 Å². The molecule has 0 radical (unpaired) electrons. The monoisotopic (exact) mass is 994 g/mol. The Morgan fingerprint density at radius 1 is 0.479 bits per heavy atom. The highest BCUT2D eigenvalue weighted by molar-refractivity contribution is 7.80. The molecule has 0 amide bonds. The standard InChI is InChI=1S/C63H50N2O6S2/c1-5-61(66)70-29-27-68-51-23-19-45-31-41(15-17-47(45)33-51)39(3)64-57-25-21-49(37-59(57)72)63(55-14-10-9-13-53(55)54-35-43-11-7-8-12-44(43)36-56(54)63)50-22-26-58(60(73)38-50)65-40(4)42-16-18-48-34-52(24-20-46(48)32-42)69-28-30-71-62(67)6-2/h5-26,31-38,72-73H,1-2,27-30H2,3-4H3. The summed E-state index contributed by atoms with van der Waals surface area (Å²) in [7, 11) is 0. The molecule has 9 aromatic rings. The largest absolute Gasteiger partial charge is 0.490 e. The number of carbonyl (C=O) groups excluding carboxylic acids is 2. The molecule has 0 unspecified atom stereocenters. The molecule has 1 aliphatic rings. The molecule has 9 aromatic carbocycles. The first-order valence-electron chi connectivity index (χ1n) is 23.9. The topological polar surface area (TPSA) is 95.8 Å². The third kappa shape index (κ3) is 9.79. The molecule has 73 heavy (non-hydrogen) atoms. The van der Waals surface area contributed by atoms with Crippen LogP contribution in [0.4, 0.5) is 11.4 Å². The molecule has 0 aliphatic heterocycles. The van der Waals surface area contributed by atoms with Gasteiger partial charge in [-0.1, -0.05) is 110 Å². The number of aliphatic imine (C=N–C) groups is 2. The van der Waals surface area contributed by atoms with E-state index in [0.717, 1.165) is 93.9 Å². The number of carbonyl (C=O) groups is 2. The van der Waals surface area contributed by atoms with Gasteiger partial charge in [0.1, 0.15) is 37.9 Å². The van der Waals surface area contributed by atoms with Crippen molar-refractivity contribution in [3.05, 3.63) is 229 Å². The van der Waals surface area contributed by atoms with E-state index in [2.05, 4.69) is 147 Å². The summed E-state index contributed by atoms with van der Waals surface area (Å²) in [6, 6.07) is 59.0. The fourth-order valence-electron chi connectivity index (χ4n) is 9.74. The van der Waals surface area contributed by atoms with E-state index in [1.54, 1.807) is 0 Å². The predicted molar refractivity (Wildman–Crippen MR) is 301 cm³/mol. The van der Waals surface area contributed by atoms with Crippen molar-refractivity contribution in [2.45, 2.75) is 29.1 Å². The van der Waals surface area contributed by atoms with E-state index in [1.807, 2.05) is 50.2 Å². The Balaban J connectivity index is 0.982. The summed E-state index contributed by atoms with van der Waals surface area (Å²) in [6.07, 6.45) is 2.27. The third-order valence-corrected chi connectivity index (χ3v) is 14.0. The lowest BCUT2D eigenvalue weighted by Gasteiger charge is -2.34. The van der Waals surface area contributed by atoms with Crippen LogP contribution in [0.15, 0.2) is 215 Å². The average molecular weight is 995 g/mol. The van der Waals surface area contributed by atoms with E-state index in [9.17, 15) is 9.59 Å². The van der Waals surface area contributed by atoms with Gasteiger partial charge in [0.25, 0.3) is 0 Å². The molecule has 0 N–H and O–H groups in total. The van der Waals surface area contributed by atoms with Gasteiger partial charge in [-0.25, -0.2) is 9.59 Å². The minimum absolute atomic E-state index is 0.139. The molecule has 0 heterocycles. The molecular weight excluding hydrogens is 945 g/mol. The first-order valence-corrected chi connectivity index (χ1v) is 24.7. The van der Waals surface area contributed by atoms with Gasteiger partial charge in [0.2, 0.25) is 0 Å². The molecular formula is C63H50N2O6S2. The maximum Gasteiger partial charge on any atom is 0.330 e. The maximum atomic E-state index is 11.4. The van der Waals surface area contributed by atoms with E-state index in [-0.39, 0.29) is 26.4 Å². The van der Waals surface area contributed by atoms with Crippen LogP contribution in [-0.2, 0) is 24.5 Å². The summed E-state index contributed by atoms with van der Waals surface area (Å²) in [4.78, 5) is 34.6. The third-order valence-electron chi connectivity index (χ3n) is 13.3. The summed E-state index contributed by atoms with van der Waals surface area (Å²) in [5.74, 6) is 0.425. The van der Waals surface area contributed by atoms with Gasteiger partial charge >= 0.3 is 11.9 Å². The molecule has 1 aliphatic carbocycles. The van der Waals surface area contributed by atoms with Crippen LogP contribution in [0.25, 0.3) is 43.4 Å². The molecule has 10 heteroatoms. The van der Waals surface area contributed by atoms with Crippen LogP contribution in [0, 0.1) is 0 Å². The van der Waals surface area contributed by atoms with Crippen molar-refractivity contribution >= 4 is 92.3 Å². The Morgan fingerprint density at radius 2 is 0.932 bits per heavy atom. The summed E-state index contributed by atoms with van der Waals surface area (Å²) < 4.78 is 21.7. The number of rotatable bonds is 16. The van der Waals surface area contributed by atoms with Crippen LogP contribution in [0.2, 0.25) is 0 Å². The Labute approximate surface area is 435 Å². The number of esters is 2. The van der Waals surface area contributed by atoms with Gasteiger partial charge in [-0.15, -0.1) is 25.3 Å². The lowest BCUT2D eigenvalue weighted by Crippen LogP contribution is -2.28. The van der Waals surface area contributed by atoms with Crippen molar-refractivity contribution < 1.29 is 28.5 Å². The molecule has 0 spiro atoms. The number of hydrogen-bond acceptors (Lipinski definition) is 10. The number of thiol groups is 2. The zero-order valence-electron chi connectivity index (χ0n) is 40.3. The van der Waals surface area contributed by atoms with Crippen LogP contribution in [-0.4, -0.2) is 49.8 Å². The van der Waals surface area contributed by atoms with Crippen molar-refractivity contribution in [2.75, 3.05) is 26.4 Å². The number of hydrogen-bond donors (Lipinski definition) is 2. The average Bonchev–Trinajstić information content (AvgIpc) is 3.71. The highest BCUT2D eigenvalue weighted by atomic mass is 32.1. The molecule has 360 valence electrons. The van der Waals surface area contributed by atoms with E-state index < -0.39 is 17.4 Å². The molecule has 0 aromatic heterocycles. The Morgan fingerprint density at radius 3 is 1.44 bits per heavy atom. The fraction of sp³-hybridized carbons (Fsp3) is 0.111. The van der Waals surface area contributed by atoms with Gasteiger partial charge in [0.15, 0.2) is 0 Å². The van der Waals surface area contributed by atoms with E-state index in [1.165, 1.54) is 27.6 Å². The minimum atomic E-state index is -0.743. The zero-order chi connectivity index (χ0) is 50.6. The Hall–Kier alpha value is -8.18. The summed E-state index contributed by atoms with van der Waals surface area (Å²) in [6.45, 7) is 11.6. The van der Waals surface area contributed by atoms with Crippen LogP contribution in [0.5, 0.6) is 11.5 Å². The Kier molecular flexibility index (Phi) is 13.9. The van der Waals surface area contributed by atoms with Crippen LogP contribution >= 0.6 is 25.3 Å². The first kappa shape index (κ1) is 48.4. The molecule has 8 nitrogen and oxygen atoms in total. The van der Waals surface area contributed by atoms with Gasteiger partial charge in [0.05, 0.1) is 16.8 Å². The molecule has 0 bridgehead atoms. The molecule has 0 fully saturated rings. The molecule has 0 saturated carbocycles. The Bertz CT molecular complexity index is 3570. The van der Waals surface area contributed by atoms with Gasteiger partial charge in [-0.2, -0.15) is 0 Å². The summed E-state index contributed by atoms with van der Waals surface area (Å²) in [5, 5.41) is 6.45. The van der Waals surface area contributed by atoms with E-state index in [4.69, 9.17) is 54.2 Å². The second kappa shape index (κ2) is 20.9. The number of fused-ring (bicyclic) bond motifs is 6. The lowest BCUT2D eigenvalue weighted by molar-refractivity contribution is -0.139. The number of nitrogens with zero attached hydrogens (tertiary/aromatic N) is 2. The number of ether oxygens (including phenoxy) is 4. The predicted octanol–water partition coefficient (Wildman–Crippen LogP) is 14.6. The van der Waals surface area contributed by atoms with Crippen molar-refractivity contribution in [1.29, 1.82) is 0 Å². The fourth-order valence-corrected chi connectivity index (χ4v) is 10.3. The lowest BCUT2D eigenvalue weighted by atomic mass is 9.67. The van der Waals surface area contributed by atoms with Gasteiger partial charge in [-0.3, -0.25) is 9.98 Å². The SMILES string of the molecule is C=CC(=O)OCCOc1ccc2cc(C(C)=Nc3ccc(C4(c5ccc(N=C(C)c6ccc7cc(OCCOC(=O)C=C)ccc7c6)c(S)c5)c5ccccc5-c5cc6ccccc6cc54)cc3S)ccc2c1. The van der Waals surface area contributed by atoms with E-state index in [0.29, 0.717) is 11.5 Å². The first-order chi connectivity index (χ1) is 35.5. The highest BCUT2D eigenvalue weighted by Crippen LogP contribution is 2.58. The normalized spacial score (nSPS) is 14.1. The van der Waals surface area contributed by atoms with Crippen LogP contribution in [0.1, 0.15) is 47.2 Å². The molecule has 0 atom stereocenters. The second-order valence-corrected chi connectivity index (χ2v) is 18.7. The van der Waals surface area contributed by atoms with Gasteiger partial charge in [0, 0.05) is 33.4 Å². The van der Waals surface area contributed by atoms with Crippen molar-refractivity contribution in [2.24, 2.45) is 9.98 Å². The zero-order valence-corrected chi connectivity index (χ0v) is 42.1. The van der Waals surface area contributed by atoms with Crippen molar-refractivity contribution in [3.8, 4) is 22.6 Å². The second-order valence-electron chi connectivity index (χ2n) is 17.7. The number of benzene rings is 9. The van der Waals surface area contributed by atoms with E-state index >= 15 is 0 Å². The summed E-state index contributed by atoms with van der Waals surface area (Å²) >= 11 is 10.3. The van der Waals surface area contributed by atoms with Crippen LogP contribution < -0.4 is 9.47 Å². The molecule has 0 saturated heterocycles. The quantitative estimate of drug-likeness (QED) is 0.0329. The van der Waals surface area contributed by atoms with Gasteiger partial charge < -0.3 is 18.9 Å². The van der Waals surface area contributed by atoms with Crippen molar-refractivity contribution in [3.63, 3.8) is 0 Å². The van der Waals surface area contributed by atoms with Gasteiger partial charge in [-0.05, 0) is 163 Å². The molecule has 10 rings (SSSR count). The summed E-state index contributed by atoms with van der Waals surface area (Å²) in [5.41, 5.74) is 11.2. The van der Waals surface area contributed by atoms with Crippen molar-refractivity contribution in [1.82, 2.24) is 0 Å². The maximum absolute atomic E-state index is 11.4. The highest BCUT2D eigenvalue weighted by Gasteiger charge is 2.46. The minimum Gasteiger partial charge on any atom is -0.490 e. The smallest absolute Gasteiger partial charge is 0.330 e.